The van der Waals surface area contributed by atoms with E-state index in [0.29, 0.717) is 17.2 Å². The summed E-state index contributed by atoms with van der Waals surface area (Å²) < 4.78 is 48.9. The Hall–Kier alpha value is -3.23. The number of alkyl halides is 3. The van der Waals surface area contributed by atoms with Crippen LogP contribution in [-0.2, 0) is 15.8 Å². The van der Waals surface area contributed by atoms with Crippen molar-refractivity contribution in [1.82, 2.24) is 0 Å². The second-order valence-corrected chi connectivity index (χ2v) is 6.51. The molecule has 1 unspecified atom stereocenters. The maximum atomic E-state index is 12.8. The fourth-order valence-corrected chi connectivity index (χ4v) is 3.14. The molecule has 9 heteroatoms. The minimum atomic E-state index is -4.51. The van der Waals surface area contributed by atoms with Gasteiger partial charge in [-0.3, -0.25) is 9.59 Å². The van der Waals surface area contributed by atoms with E-state index in [0.717, 1.165) is 12.1 Å². The molecule has 29 heavy (non-hydrogen) atoms. The zero-order valence-electron chi connectivity index (χ0n) is 15.7. The van der Waals surface area contributed by atoms with Crippen LogP contribution in [0, 0.1) is 5.92 Å². The Balaban J connectivity index is 1.74. The molecule has 2 amide bonds. The monoisotopic (exact) mass is 408 g/mol. The standard InChI is InChI=1S/C20H19F3N2O4/c1-28-15-6-7-16(17(10-15)29-2)25-11-12(8-18(25)26)19(27)24-14-5-3-4-13(9-14)20(21,22)23/h3-7,9-10,12H,8,11H2,1-2H3,(H,24,27). The second kappa shape index (κ2) is 8.02. The van der Waals surface area contributed by atoms with E-state index in [1.54, 1.807) is 18.2 Å². The number of hydrogen-bond donors (Lipinski definition) is 1. The molecule has 0 spiro atoms. The Morgan fingerprint density at radius 3 is 2.55 bits per heavy atom. The van der Waals surface area contributed by atoms with Crippen molar-refractivity contribution in [2.45, 2.75) is 12.6 Å². The van der Waals surface area contributed by atoms with Crippen LogP contribution < -0.4 is 19.7 Å². The molecular formula is C20H19F3N2O4. The first-order chi connectivity index (χ1) is 13.7. The SMILES string of the molecule is COc1ccc(N2CC(C(=O)Nc3cccc(C(F)(F)F)c3)CC2=O)c(OC)c1. The third-order valence-corrected chi connectivity index (χ3v) is 4.63. The van der Waals surface area contributed by atoms with Crippen molar-refractivity contribution in [2.75, 3.05) is 31.0 Å². The number of benzene rings is 2. The number of amides is 2. The largest absolute Gasteiger partial charge is 0.497 e. The quantitative estimate of drug-likeness (QED) is 0.819. The molecule has 1 saturated heterocycles. The number of anilines is 2. The number of carbonyl (C=O) groups excluding carboxylic acids is 2. The first kappa shape index (κ1) is 20.5. The van der Waals surface area contributed by atoms with Gasteiger partial charge in [-0.15, -0.1) is 0 Å². The van der Waals surface area contributed by atoms with Crippen LogP contribution in [0.1, 0.15) is 12.0 Å². The van der Waals surface area contributed by atoms with Gasteiger partial charge in [0.1, 0.15) is 11.5 Å². The second-order valence-electron chi connectivity index (χ2n) is 6.51. The molecule has 0 saturated carbocycles. The van der Waals surface area contributed by atoms with Gasteiger partial charge in [-0.05, 0) is 30.3 Å². The summed E-state index contributed by atoms with van der Waals surface area (Å²) in [5, 5.41) is 2.47. The normalized spacial score (nSPS) is 16.7. The minimum Gasteiger partial charge on any atom is -0.497 e. The zero-order valence-corrected chi connectivity index (χ0v) is 15.7. The van der Waals surface area contributed by atoms with Crippen LogP contribution >= 0.6 is 0 Å². The number of methoxy groups -OCH3 is 2. The summed E-state index contributed by atoms with van der Waals surface area (Å²) in [4.78, 5) is 26.4. The van der Waals surface area contributed by atoms with Gasteiger partial charge in [0, 0.05) is 24.7 Å². The maximum Gasteiger partial charge on any atom is 0.416 e. The molecule has 1 aliphatic heterocycles. The van der Waals surface area contributed by atoms with E-state index < -0.39 is 23.6 Å². The number of carbonyl (C=O) groups is 2. The number of rotatable bonds is 5. The van der Waals surface area contributed by atoms with Crippen molar-refractivity contribution in [3.63, 3.8) is 0 Å². The van der Waals surface area contributed by atoms with Crippen LogP contribution in [0.15, 0.2) is 42.5 Å². The molecule has 0 bridgehead atoms. The molecule has 154 valence electrons. The molecule has 1 aliphatic rings. The molecule has 2 aromatic carbocycles. The first-order valence-electron chi connectivity index (χ1n) is 8.73. The van der Waals surface area contributed by atoms with Gasteiger partial charge in [-0.25, -0.2) is 0 Å². The third kappa shape index (κ3) is 4.44. The number of halogens is 3. The van der Waals surface area contributed by atoms with Crippen molar-refractivity contribution in [3.05, 3.63) is 48.0 Å². The summed E-state index contributed by atoms with van der Waals surface area (Å²) in [5.41, 5.74) is -0.340. The first-order valence-corrected chi connectivity index (χ1v) is 8.73. The van der Waals surface area contributed by atoms with Gasteiger partial charge in [0.2, 0.25) is 11.8 Å². The van der Waals surface area contributed by atoms with Gasteiger partial charge >= 0.3 is 6.18 Å². The van der Waals surface area contributed by atoms with Crippen molar-refractivity contribution >= 4 is 23.2 Å². The van der Waals surface area contributed by atoms with Gasteiger partial charge in [0.25, 0.3) is 0 Å². The van der Waals surface area contributed by atoms with Gasteiger partial charge in [-0.2, -0.15) is 13.2 Å². The predicted octanol–water partition coefficient (Wildman–Crippen LogP) is 3.71. The van der Waals surface area contributed by atoms with E-state index in [-0.39, 0.29) is 24.6 Å². The molecule has 0 aliphatic carbocycles. The summed E-state index contributed by atoms with van der Waals surface area (Å²) in [7, 11) is 2.96. The average molecular weight is 408 g/mol. The lowest BCUT2D eigenvalue weighted by molar-refractivity contribution is -0.137. The molecule has 1 heterocycles. The molecule has 1 atom stereocenters. The van der Waals surface area contributed by atoms with Gasteiger partial charge < -0.3 is 19.7 Å². The molecule has 1 N–H and O–H groups in total. The van der Waals surface area contributed by atoms with E-state index in [1.807, 2.05) is 0 Å². The fraction of sp³-hybridized carbons (Fsp3) is 0.300. The van der Waals surface area contributed by atoms with Crippen LogP contribution in [0.2, 0.25) is 0 Å². The van der Waals surface area contributed by atoms with Crippen LogP contribution in [0.4, 0.5) is 24.5 Å². The van der Waals surface area contributed by atoms with Crippen LogP contribution in [0.5, 0.6) is 11.5 Å². The lowest BCUT2D eigenvalue weighted by Gasteiger charge is -2.20. The molecule has 1 fully saturated rings. The highest BCUT2D eigenvalue weighted by Gasteiger charge is 2.37. The predicted molar refractivity (Wildman–Crippen MR) is 100 cm³/mol. The number of nitrogens with zero attached hydrogens (tertiary/aromatic N) is 1. The third-order valence-electron chi connectivity index (χ3n) is 4.63. The maximum absolute atomic E-state index is 12.8. The Labute approximate surface area is 165 Å². The number of hydrogen-bond acceptors (Lipinski definition) is 4. The van der Waals surface area contributed by atoms with Crippen molar-refractivity contribution in [2.24, 2.45) is 5.92 Å². The van der Waals surface area contributed by atoms with Crippen LogP contribution in [0.25, 0.3) is 0 Å². The molecule has 0 aromatic heterocycles. The molecule has 0 radical (unpaired) electrons. The molecule has 6 nitrogen and oxygen atoms in total. The molecule has 2 aromatic rings. The lowest BCUT2D eigenvalue weighted by atomic mass is 10.1. The van der Waals surface area contributed by atoms with Crippen molar-refractivity contribution < 1.29 is 32.2 Å². The van der Waals surface area contributed by atoms with Crippen molar-refractivity contribution in [1.29, 1.82) is 0 Å². The van der Waals surface area contributed by atoms with E-state index in [2.05, 4.69) is 5.32 Å². The summed E-state index contributed by atoms with van der Waals surface area (Å²) >= 11 is 0. The molecule has 3 rings (SSSR count). The average Bonchev–Trinajstić information content (AvgIpc) is 3.08. The van der Waals surface area contributed by atoms with E-state index in [4.69, 9.17) is 9.47 Å². The Kier molecular flexibility index (Phi) is 5.67. The van der Waals surface area contributed by atoms with Gasteiger partial charge in [-0.1, -0.05) is 6.07 Å². The fourth-order valence-electron chi connectivity index (χ4n) is 3.14. The highest BCUT2D eigenvalue weighted by Crippen LogP contribution is 2.36. The van der Waals surface area contributed by atoms with Crippen LogP contribution in [0.3, 0.4) is 0 Å². The summed E-state index contributed by atoms with van der Waals surface area (Å²) in [6.45, 7) is 0.0896. The topological polar surface area (TPSA) is 67.9 Å². The summed E-state index contributed by atoms with van der Waals surface area (Å²) in [6.07, 6.45) is -4.56. The van der Waals surface area contributed by atoms with Crippen LogP contribution in [-0.4, -0.2) is 32.6 Å². The minimum absolute atomic E-state index is 0.0257. The molecular weight excluding hydrogens is 389 g/mol. The smallest absolute Gasteiger partial charge is 0.416 e. The van der Waals surface area contributed by atoms with E-state index >= 15 is 0 Å². The summed E-state index contributed by atoms with van der Waals surface area (Å²) in [5.74, 6) is -0.540. The lowest BCUT2D eigenvalue weighted by Crippen LogP contribution is -2.28. The highest BCUT2D eigenvalue weighted by atomic mass is 19.4. The van der Waals surface area contributed by atoms with E-state index in [1.165, 1.54) is 31.3 Å². The zero-order chi connectivity index (χ0) is 21.2. The Morgan fingerprint density at radius 2 is 1.90 bits per heavy atom. The van der Waals surface area contributed by atoms with E-state index in [9.17, 15) is 22.8 Å². The Morgan fingerprint density at radius 1 is 1.14 bits per heavy atom. The number of ether oxygens (including phenoxy) is 2. The van der Waals surface area contributed by atoms with Gasteiger partial charge in [0.15, 0.2) is 0 Å². The summed E-state index contributed by atoms with van der Waals surface area (Å²) in [6, 6.07) is 9.31. The number of nitrogens with one attached hydrogen (secondary N) is 1. The van der Waals surface area contributed by atoms with Crippen molar-refractivity contribution in [3.8, 4) is 11.5 Å². The highest BCUT2D eigenvalue weighted by molar-refractivity contribution is 6.04. The van der Waals surface area contributed by atoms with Gasteiger partial charge in [0.05, 0.1) is 31.4 Å². The Bertz CT molecular complexity index is 930.